The summed E-state index contributed by atoms with van der Waals surface area (Å²) in [4.78, 5) is 11.6. The van der Waals surface area contributed by atoms with Crippen LogP contribution in [0, 0.1) is 6.92 Å². The second kappa shape index (κ2) is 7.89. The number of ether oxygens (including phenoxy) is 2. The van der Waals surface area contributed by atoms with E-state index in [9.17, 15) is 9.90 Å². The largest absolute Gasteiger partial charge is 0.496 e. The van der Waals surface area contributed by atoms with Gasteiger partial charge < -0.3 is 19.0 Å². The van der Waals surface area contributed by atoms with Crippen LogP contribution in [0.2, 0.25) is 5.02 Å². The van der Waals surface area contributed by atoms with Crippen LogP contribution in [-0.4, -0.2) is 34.0 Å². The van der Waals surface area contributed by atoms with E-state index in [1.54, 1.807) is 20.1 Å². The monoisotopic (exact) mass is 442 g/mol. The molecule has 2 heterocycles. The van der Waals surface area contributed by atoms with Gasteiger partial charge in [0.15, 0.2) is 0 Å². The van der Waals surface area contributed by atoms with Crippen LogP contribution < -0.4 is 9.47 Å². The van der Waals surface area contributed by atoms with E-state index in [1.165, 1.54) is 0 Å². The zero-order valence-electron chi connectivity index (χ0n) is 17.7. The van der Waals surface area contributed by atoms with Crippen LogP contribution in [0.25, 0.3) is 11.1 Å². The maximum atomic E-state index is 11.6. The predicted molar refractivity (Wildman–Crippen MR) is 115 cm³/mol. The van der Waals surface area contributed by atoms with Crippen molar-refractivity contribution in [3.05, 3.63) is 58.3 Å². The highest BCUT2D eigenvalue weighted by Gasteiger charge is 2.34. The van der Waals surface area contributed by atoms with Crippen molar-refractivity contribution in [2.45, 2.75) is 45.1 Å². The molecular formula is C23H23ClN2O5. The second-order valence-electron chi connectivity index (χ2n) is 8.25. The minimum atomic E-state index is -0.981. The van der Waals surface area contributed by atoms with E-state index in [1.807, 2.05) is 38.1 Å². The molecule has 1 unspecified atom stereocenters. The molecule has 2 aromatic carbocycles. The third-order valence-electron chi connectivity index (χ3n) is 5.25. The van der Waals surface area contributed by atoms with E-state index in [4.69, 9.17) is 25.5 Å². The molecule has 0 bridgehead atoms. The molecule has 1 aliphatic heterocycles. The number of aromatic nitrogens is 2. The van der Waals surface area contributed by atoms with Crippen molar-refractivity contribution in [1.82, 2.24) is 10.2 Å². The second-order valence-corrected chi connectivity index (χ2v) is 8.69. The molecule has 0 saturated carbocycles. The van der Waals surface area contributed by atoms with Crippen molar-refractivity contribution in [3.8, 4) is 22.6 Å². The first kappa shape index (κ1) is 21.2. The summed E-state index contributed by atoms with van der Waals surface area (Å²) >= 11 is 6.48. The van der Waals surface area contributed by atoms with Gasteiger partial charge in [0.1, 0.15) is 17.1 Å². The van der Waals surface area contributed by atoms with Gasteiger partial charge in [0.2, 0.25) is 11.8 Å². The molecule has 0 spiro atoms. The van der Waals surface area contributed by atoms with Gasteiger partial charge in [-0.1, -0.05) is 17.7 Å². The standard InChI is InChI=1S/C23H23ClN2O5/c1-12-25-26-22(30-12)17(10-19(27)28)14-7-15(9-16(24)8-14)20-18(29-4)6-5-13-11-23(2,3)31-21(13)20/h5-9,17H,10-11H2,1-4H3,(H,27,28). The number of fused-ring (bicyclic) bond motifs is 1. The summed E-state index contributed by atoms with van der Waals surface area (Å²) in [6.07, 6.45) is 0.560. The Labute approximate surface area is 185 Å². The Kier molecular flexibility index (Phi) is 5.39. The zero-order chi connectivity index (χ0) is 22.3. The number of aliphatic carboxylic acids is 1. The topological polar surface area (TPSA) is 94.7 Å². The summed E-state index contributed by atoms with van der Waals surface area (Å²) in [5, 5.41) is 17.8. The molecule has 0 radical (unpaired) electrons. The lowest BCUT2D eigenvalue weighted by atomic mass is 9.91. The quantitative estimate of drug-likeness (QED) is 0.572. The van der Waals surface area contributed by atoms with Gasteiger partial charge in [-0.25, -0.2) is 0 Å². The molecule has 0 fully saturated rings. The lowest BCUT2D eigenvalue weighted by Crippen LogP contribution is -2.24. The highest BCUT2D eigenvalue weighted by Crippen LogP contribution is 2.48. The molecule has 8 heteroatoms. The Balaban J connectivity index is 1.88. The molecule has 162 valence electrons. The Morgan fingerprint density at radius 3 is 2.71 bits per heavy atom. The van der Waals surface area contributed by atoms with Crippen molar-refractivity contribution in [2.75, 3.05) is 7.11 Å². The predicted octanol–water partition coefficient (Wildman–Crippen LogP) is 5.03. The summed E-state index contributed by atoms with van der Waals surface area (Å²) in [5.41, 5.74) is 2.95. The zero-order valence-corrected chi connectivity index (χ0v) is 18.5. The fourth-order valence-electron chi connectivity index (χ4n) is 4.01. The number of nitrogens with zero attached hydrogens (tertiary/aromatic N) is 2. The molecule has 4 rings (SSSR count). The molecule has 3 aromatic rings. The Hall–Kier alpha value is -3.06. The molecule has 0 aliphatic carbocycles. The Bertz CT molecular complexity index is 1150. The van der Waals surface area contributed by atoms with Crippen LogP contribution in [-0.2, 0) is 11.2 Å². The highest BCUT2D eigenvalue weighted by atomic mass is 35.5. The number of methoxy groups -OCH3 is 1. The molecule has 0 amide bonds. The van der Waals surface area contributed by atoms with Gasteiger partial charge in [0, 0.05) is 18.4 Å². The fourth-order valence-corrected chi connectivity index (χ4v) is 4.25. The maximum absolute atomic E-state index is 11.6. The molecule has 1 aliphatic rings. The van der Waals surface area contributed by atoms with Crippen molar-refractivity contribution >= 4 is 17.6 Å². The number of rotatable bonds is 6. The van der Waals surface area contributed by atoms with E-state index < -0.39 is 11.9 Å². The smallest absolute Gasteiger partial charge is 0.304 e. The number of carbonyl (C=O) groups is 1. The summed E-state index contributed by atoms with van der Waals surface area (Å²) in [6.45, 7) is 5.73. The van der Waals surface area contributed by atoms with Gasteiger partial charge in [0.25, 0.3) is 0 Å². The minimum Gasteiger partial charge on any atom is -0.496 e. The molecule has 0 saturated heterocycles. The fraction of sp³-hybridized carbons (Fsp3) is 0.348. The average molecular weight is 443 g/mol. The van der Waals surface area contributed by atoms with Gasteiger partial charge in [0.05, 0.1) is 25.0 Å². The molecule has 1 N–H and O–H groups in total. The SMILES string of the molecule is COc1ccc2c(c1-c1cc(Cl)cc(C(CC(=O)O)c3nnc(C)o3)c1)OC(C)(C)C2. The molecular weight excluding hydrogens is 420 g/mol. The Morgan fingerprint density at radius 1 is 1.29 bits per heavy atom. The summed E-state index contributed by atoms with van der Waals surface area (Å²) in [5.74, 6) is 0.373. The van der Waals surface area contributed by atoms with E-state index in [-0.39, 0.29) is 17.9 Å². The van der Waals surface area contributed by atoms with E-state index in [0.29, 0.717) is 22.2 Å². The molecule has 7 nitrogen and oxygen atoms in total. The van der Waals surface area contributed by atoms with Crippen LogP contribution in [0.3, 0.4) is 0 Å². The summed E-state index contributed by atoms with van der Waals surface area (Å²) in [6, 6.07) is 9.33. The van der Waals surface area contributed by atoms with Crippen LogP contribution in [0.1, 0.15) is 49.1 Å². The number of carboxylic acid groups (broad SMARTS) is 1. The third kappa shape index (κ3) is 4.23. The normalized spacial score (nSPS) is 15.3. The number of carboxylic acids is 1. The molecule has 1 aromatic heterocycles. The average Bonchev–Trinajstić information content (AvgIpc) is 3.25. The number of benzene rings is 2. The first-order valence-electron chi connectivity index (χ1n) is 9.88. The maximum Gasteiger partial charge on any atom is 0.304 e. The van der Waals surface area contributed by atoms with Gasteiger partial charge in [-0.15, -0.1) is 10.2 Å². The number of hydrogen-bond donors (Lipinski definition) is 1. The third-order valence-corrected chi connectivity index (χ3v) is 5.46. The van der Waals surface area contributed by atoms with Crippen LogP contribution in [0.5, 0.6) is 11.5 Å². The van der Waals surface area contributed by atoms with Crippen molar-refractivity contribution in [3.63, 3.8) is 0 Å². The minimum absolute atomic E-state index is 0.213. The van der Waals surface area contributed by atoms with Crippen LogP contribution >= 0.6 is 11.6 Å². The Morgan fingerprint density at radius 2 is 2.06 bits per heavy atom. The van der Waals surface area contributed by atoms with Crippen molar-refractivity contribution in [1.29, 1.82) is 0 Å². The summed E-state index contributed by atoms with van der Waals surface area (Å²) < 4.78 is 17.4. The van der Waals surface area contributed by atoms with E-state index in [2.05, 4.69) is 10.2 Å². The highest BCUT2D eigenvalue weighted by molar-refractivity contribution is 6.31. The van der Waals surface area contributed by atoms with E-state index >= 15 is 0 Å². The van der Waals surface area contributed by atoms with Crippen molar-refractivity contribution in [2.24, 2.45) is 0 Å². The molecule has 31 heavy (non-hydrogen) atoms. The van der Waals surface area contributed by atoms with Crippen molar-refractivity contribution < 1.29 is 23.8 Å². The van der Waals surface area contributed by atoms with Gasteiger partial charge in [-0.2, -0.15) is 0 Å². The molecule has 1 atom stereocenters. The first-order chi connectivity index (χ1) is 14.7. The number of aryl methyl sites for hydroxylation is 1. The van der Waals surface area contributed by atoms with Crippen LogP contribution in [0.15, 0.2) is 34.7 Å². The van der Waals surface area contributed by atoms with Gasteiger partial charge in [-0.3, -0.25) is 4.79 Å². The van der Waals surface area contributed by atoms with Gasteiger partial charge >= 0.3 is 5.97 Å². The number of hydrogen-bond acceptors (Lipinski definition) is 6. The first-order valence-corrected chi connectivity index (χ1v) is 10.3. The lowest BCUT2D eigenvalue weighted by Gasteiger charge is -2.20. The van der Waals surface area contributed by atoms with Crippen LogP contribution in [0.4, 0.5) is 0 Å². The number of halogens is 1. The van der Waals surface area contributed by atoms with E-state index in [0.717, 1.165) is 28.9 Å². The summed E-state index contributed by atoms with van der Waals surface area (Å²) in [7, 11) is 1.60. The van der Waals surface area contributed by atoms with Gasteiger partial charge in [-0.05, 0) is 54.8 Å². The lowest BCUT2D eigenvalue weighted by molar-refractivity contribution is -0.137.